The molecule has 0 spiro atoms. The first-order valence-electron chi connectivity index (χ1n) is 8.30. The average Bonchev–Trinajstić information content (AvgIpc) is 2.98. The summed E-state index contributed by atoms with van der Waals surface area (Å²) in [7, 11) is 0. The van der Waals surface area contributed by atoms with Crippen molar-refractivity contribution in [2.45, 2.75) is 25.4 Å². The quantitative estimate of drug-likeness (QED) is 0.587. The first-order valence-corrected chi connectivity index (χ1v) is 9.66. The van der Waals surface area contributed by atoms with Crippen molar-refractivity contribution in [2.75, 3.05) is 11.1 Å². The number of benzene rings is 2. The Morgan fingerprint density at radius 2 is 1.92 bits per heavy atom. The van der Waals surface area contributed by atoms with Crippen LogP contribution in [0.25, 0.3) is 0 Å². The Labute approximate surface area is 162 Å². The fraction of sp³-hybridized carbons (Fsp3) is 0.200. The number of imidazole rings is 1. The minimum absolute atomic E-state index is 0.0842. The van der Waals surface area contributed by atoms with Gasteiger partial charge in [-0.2, -0.15) is 0 Å². The second-order valence-corrected chi connectivity index (χ2v) is 7.40. The minimum atomic E-state index is -0.0842. The third kappa shape index (κ3) is 4.68. The summed E-state index contributed by atoms with van der Waals surface area (Å²) < 4.78 is 0. The molecular weight excluding hydrogens is 366 g/mol. The van der Waals surface area contributed by atoms with Gasteiger partial charge in [0.25, 0.3) is 0 Å². The molecule has 2 N–H and O–H groups in total. The van der Waals surface area contributed by atoms with Gasteiger partial charge in [0, 0.05) is 22.8 Å². The smallest absolute Gasteiger partial charge is 0.234 e. The van der Waals surface area contributed by atoms with Crippen molar-refractivity contribution in [3.05, 3.63) is 76.1 Å². The SMILES string of the molecule is Cc1[nH]c(SCC(=O)Nc2cccc(Cl)c2C)nc1Cc1ccccc1. The third-order valence-corrected chi connectivity index (χ3v) is 5.34. The fourth-order valence-electron chi connectivity index (χ4n) is 2.56. The zero-order valence-corrected chi connectivity index (χ0v) is 16.2. The molecule has 1 heterocycles. The van der Waals surface area contributed by atoms with Crippen molar-refractivity contribution >= 4 is 35.0 Å². The van der Waals surface area contributed by atoms with Crippen LogP contribution in [0.1, 0.15) is 22.5 Å². The van der Waals surface area contributed by atoms with Gasteiger partial charge in [-0.05, 0) is 37.1 Å². The van der Waals surface area contributed by atoms with E-state index in [0.717, 1.165) is 34.2 Å². The van der Waals surface area contributed by atoms with Crippen LogP contribution in [0.5, 0.6) is 0 Å². The molecule has 0 aliphatic heterocycles. The highest BCUT2D eigenvalue weighted by atomic mass is 35.5. The maximum Gasteiger partial charge on any atom is 0.234 e. The van der Waals surface area contributed by atoms with Crippen LogP contribution in [-0.2, 0) is 11.2 Å². The van der Waals surface area contributed by atoms with Crippen molar-refractivity contribution in [2.24, 2.45) is 0 Å². The molecule has 0 aliphatic rings. The molecular formula is C20H20ClN3OS. The van der Waals surface area contributed by atoms with Gasteiger partial charge < -0.3 is 10.3 Å². The van der Waals surface area contributed by atoms with Gasteiger partial charge in [-0.1, -0.05) is 59.8 Å². The predicted molar refractivity (Wildman–Crippen MR) is 108 cm³/mol. The molecule has 0 saturated carbocycles. The molecule has 0 saturated heterocycles. The molecule has 6 heteroatoms. The normalized spacial score (nSPS) is 10.7. The molecule has 1 aromatic heterocycles. The Bertz CT molecular complexity index is 909. The van der Waals surface area contributed by atoms with Crippen molar-refractivity contribution < 1.29 is 4.79 Å². The average molecular weight is 386 g/mol. The molecule has 2 aromatic carbocycles. The predicted octanol–water partition coefficient (Wildman–Crippen LogP) is 5.00. The van der Waals surface area contributed by atoms with E-state index >= 15 is 0 Å². The molecule has 26 heavy (non-hydrogen) atoms. The van der Waals surface area contributed by atoms with E-state index in [2.05, 4.69) is 27.4 Å². The van der Waals surface area contributed by atoms with Gasteiger partial charge in [0.05, 0.1) is 11.4 Å². The van der Waals surface area contributed by atoms with Crippen LogP contribution in [0.3, 0.4) is 0 Å². The lowest BCUT2D eigenvalue weighted by Gasteiger charge is -2.08. The lowest BCUT2D eigenvalue weighted by molar-refractivity contribution is -0.113. The minimum Gasteiger partial charge on any atom is -0.337 e. The highest BCUT2D eigenvalue weighted by Gasteiger charge is 2.11. The monoisotopic (exact) mass is 385 g/mol. The summed E-state index contributed by atoms with van der Waals surface area (Å²) in [5.74, 6) is 0.197. The number of H-pyrrole nitrogens is 1. The summed E-state index contributed by atoms with van der Waals surface area (Å²) in [6, 6.07) is 15.7. The Balaban J connectivity index is 1.59. The number of amides is 1. The Morgan fingerprint density at radius 3 is 2.69 bits per heavy atom. The summed E-state index contributed by atoms with van der Waals surface area (Å²) in [6.45, 7) is 3.89. The lowest BCUT2D eigenvalue weighted by Crippen LogP contribution is -2.15. The van der Waals surface area contributed by atoms with E-state index < -0.39 is 0 Å². The number of hydrogen-bond acceptors (Lipinski definition) is 3. The van der Waals surface area contributed by atoms with Crippen LogP contribution in [0, 0.1) is 13.8 Å². The van der Waals surface area contributed by atoms with Crippen LogP contribution in [0.2, 0.25) is 5.02 Å². The summed E-state index contributed by atoms with van der Waals surface area (Å²) in [5, 5.41) is 4.29. The molecule has 0 unspecified atom stereocenters. The van der Waals surface area contributed by atoms with Crippen LogP contribution in [0.4, 0.5) is 5.69 Å². The summed E-state index contributed by atoms with van der Waals surface area (Å²) in [5.41, 5.74) is 4.86. The topological polar surface area (TPSA) is 57.8 Å². The van der Waals surface area contributed by atoms with E-state index in [9.17, 15) is 4.79 Å². The Kier molecular flexibility index (Phi) is 6.01. The van der Waals surface area contributed by atoms with Gasteiger partial charge in [0.2, 0.25) is 5.91 Å². The number of aryl methyl sites for hydroxylation is 1. The first kappa shape index (κ1) is 18.5. The summed E-state index contributed by atoms with van der Waals surface area (Å²) in [4.78, 5) is 20.1. The zero-order chi connectivity index (χ0) is 18.5. The van der Waals surface area contributed by atoms with Crippen molar-refractivity contribution in [3.63, 3.8) is 0 Å². The van der Waals surface area contributed by atoms with Crippen LogP contribution >= 0.6 is 23.4 Å². The summed E-state index contributed by atoms with van der Waals surface area (Å²) in [6.07, 6.45) is 0.775. The van der Waals surface area contributed by atoms with E-state index in [1.807, 2.05) is 44.2 Å². The molecule has 3 aromatic rings. The van der Waals surface area contributed by atoms with E-state index in [4.69, 9.17) is 11.6 Å². The molecule has 3 rings (SSSR count). The molecule has 0 radical (unpaired) electrons. The summed E-state index contributed by atoms with van der Waals surface area (Å²) >= 11 is 7.48. The second kappa shape index (κ2) is 8.43. The van der Waals surface area contributed by atoms with Gasteiger partial charge >= 0.3 is 0 Å². The van der Waals surface area contributed by atoms with E-state index in [0.29, 0.717) is 5.02 Å². The highest BCUT2D eigenvalue weighted by Crippen LogP contribution is 2.24. The first-order chi connectivity index (χ1) is 12.5. The number of halogens is 1. The lowest BCUT2D eigenvalue weighted by atomic mass is 10.1. The van der Waals surface area contributed by atoms with Gasteiger partial charge in [-0.25, -0.2) is 4.98 Å². The van der Waals surface area contributed by atoms with Gasteiger partial charge in [0.15, 0.2) is 5.16 Å². The van der Waals surface area contributed by atoms with Crippen LogP contribution < -0.4 is 5.32 Å². The van der Waals surface area contributed by atoms with Crippen molar-refractivity contribution in [1.82, 2.24) is 9.97 Å². The standard InChI is InChI=1S/C20H20ClN3OS/c1-13-16(21)9-6-10-17(13)23-19(25)12-26-20-22-14(2)18(24-20)11-15-7-4-3-5-8-15/h3-10H,11-12H2,1-2H3,(H,22,24)(H,23,25). The Morgan fingerprint density at radius 1 is 1.15 bits per heavy atom. The maximum absolute atomic E-state index is 12.2. The molecule has 1 amide bonds. The zero-order valence-electron chi connectivity index (χ0n) is 14.7. The third-order valence-electron chi connectivity index (χ3n) is 4.06. The number of hydrogen-bond donors (Lipinski definition) is 2. The number of anilines is 1. The van der Waals surface area contributed by atoms with E-state index in [1.54, 1.807) is 6.07 Å². The van der Waals surface area contributed by atoms with Gasteiger partial charge in [0.1, 0.15) is 0 Å². The number of thioether (sulfide) groups is 1. The molecule has 0 aliphatic carbocycles. The number of nitrogens with one attached hydrogen (secondary N) is 2. The van der Waals surface area contributed by atoms with Crippen LogP contribution in [0.15, 0.2) is 53.7 Å². The molecule has 4 nitrogen and oxygen atoms in total. The highest BCUT2D eigenvalue weighted by molar-refractivity contribution is 7.99. The molecule has 0 bridgehead atoms. The Hall–Kier alpha value is -2.24. The molecule has 0 fully saturated rings. The van der Waals surface area contributed by atoms with E-state index in [1.165, 1.54) is 17.3 Å². The van der Waals surface area contributed by atoms with Crippen molar-refractivity contribution in [1.29, 1.82) is 0 Å². The number of aromatic nitrogens is 2. The largest absolute Gasteiger partial charge is 0.337 e. The fourth-order valence-corrected chi connectivity index (χ4v) is 3.47. The van der Waals surface area contributed by atoms with Crippen LogP contribution in [-0.4, -0.2) is 21.6 Å². The van der Waals surface area contributed by atoms with Gasteiger partial charge in [-0.15, -0.1) is 0 Å². The number of carbonyl (C=O) groups excluding carboxylic acids is 1. The molecule has 134 valence electrons. The molecule has 0 atom stereocenters. The number of rotatable bonds is 6. The maximum atomic E-state index is 12.2. The number of carbonyl (C=O) groups is 1. The number of aromatic amines is 1. The number of nitrogens with zero attached hydrogens (tertiary/aromatic N) is 1. The van der Waals surface area contributed by atoms with Crippen molar-refractivity contribution in [3.8, 4) is 0 Å². The van der Waals surface area contributed by atoms with E-state index in [-0.39, 0.29) is 11.7 Å². The van der Waals surface area contributed by atoms with Gasteiger partial charge in [-0.3, -0.25) is 4.79 Å². The second-order valence-electron chi connectivity index (χ2n) is 6.03.